The SMILES string of the molecule is CCC1(C)SC12N(c1ccccc1)C(=O)C2(c1ccccc1)c1ccccc1. The van der Waals surface area contributed by atoms with Crippen molar-refractivity contribution in [1.82, 2.24) is 0 Å². The molecule has 0 bridgehead atoms. The van der Waals surface area contributed by atoms with Gasteiger partial charge in [0.05, 0.1) is 4.75 Å². The van der Waals surface area contributed by atoms with E-state index in [0.717, 1.165) is 23.2 Å². The number of thioether (sulfide) groups is 1. The van der Waals surface area contributed by atoms with E-state index in [-0.39, 0.29) is 15.5 Å². The Labute approximate surface area is 170 Å². The van der Waals surface area contributed by atoms with Crippen molar-refractivity contribution in [2.24, 2.45) is 0 Å². The molecule has 0 radical (unpaired) electrons. The fourth-order valence-corrected chi connectivity index (χ4v) is 6.89. The highest BCUT2D eigenvalue weighted by Gasteiger charge is 2.88. The van der Waals surface area contributed by atoms with E-state index in [0.29, 0.717) is 0 Å². The number of β-lactam (4-membered cyclic amide) rings is 1. The summed E-state index contributed by atoms with van der Waals surface area (Å²) in [6.07, 6.45) is 1.01. The third-order valence-corrected chi connectivity index (χ3v) is 8.56. The molecule has 1 spiro atoms. The minimum absolute atomic E-state index is 0.00241. The molecule has 2 nitrogen and oxygen atoms in total. The highest BCUT2D eigenvalue weighted by Crippen LogP contribution is 2.81. The van der Waals surface area contributed by atoms with Crippen molar-refractivity contribution in [3.8, 4) is 0 Å². The molecule has 0 aromatic heterocycles. The number of hydrogen-bond donors (Lipinski definition) is 0. The molecule has 0 aliphatic carbocycles. The van der Waals surface area contributed by atoms with Gasteiger partial charge in [0.2, 0.25) is 5.91 Å². The molecule has 3 heteroatoms. The Morgan fingerprint density at radius 3 is 1.68 bits per heavy atom. The third-order valence-electron chi connectivity index (χ3n) is 6.50. The van der Waals surface area contributed by atoms with Gasteiger partial charge in [0.25, 0.3) is 0 Å². The maximum Gasteiger partial charge on any atom is 0.246 e. The number of hydrogen-bond acceptors (Lipinski definition) is 2. The Bertz CT molecular complexity index is 981. The van der Waals surface area contributed by atoms with Crippen molar-refractivity contribution >= 4 is 23.4 Å². The van der Waals surface area contributed by atoms with Gasteiger partial charge in [-0.15, -0.1) is 11.8 Å². The second-order valence-corrected chi connectivity index (χ2v) is 9.48. The van der Waals surface area contributed by atoms with E-state index in [1.807, 2.05) is 66.4 Å². The summed E-state index contributed by atoms with van der Waals surface area (Å²) in [5, 5.41) is 0. The Hall–Kier alpha value is -2.52. The maximum atomic E-state index is 14.1. The predicted octanol–water partition coefficient (Wildman–Crippen LogP) is 5.63. The van der Waals surface area contributed by atoms with E-state index in [1.54, 1.807) is 0 Å². The molecule has 140 valence electrons. The fraction of sp³-hybridized carbons (Fsp3) is 0.240. The number of nitrogens with zero attached hydrogens (tertiary/aromatic N) is 1. The lowest BCUT2D eigenvalue weighted by Crippen LogP contribution is -2.77. The molecule has 2 saturated heterocycles. The van der Waals surface area contributed by atoms with Crippen molar-refractivity contribution < 1.29 is 4.79 Å². The summed E-state index contributed by atoms with van der Waals surface area (Å²) < 4.78 is 0.00241. The van der Waals surface area contributed by atoms with E-state index in [9.17, 15) is 4.79 Å². The van der Waals surface area contributed by atoms with Crippen LogP contribution in [0.4, 0.5) is 5.69 Å². The van der Waals surface area contributed by atoms with Gasteiger partial charge in [-0.25, -0.2) is 0 Å². The van der Waals surface area contributed by atoms with Gasteiger partial charge in [0.15, 0.2) is 0 Å². The summed E-state index contributed by atoms with van der Waals surface area (Å²) in [6.45, 7) is 4.54. The first kappa shape index (κ1) is 17.6. The number of anilines is 1. The predicted molar refractivity (Wildman–Crippen MR) is 117 cm³/mol. The lowest BCUT2D eigenvalue weighted by molar-refractivity contribution is -0.131. The summed E-state index contributed by atoms with van der Waals surface area (Å²) in [5.41, 5.74) is 2.49. The first-order valence-corrected chi connectivity index (χ1v) is 10.6. The highest BCUT2D eigenvalue weighted by atomic mass is 32.2. The van der Waals surface area contributed by atoms with Gasteiger partial charge in [-0.2, -0.15) is 0 Å². The Morgan fingerprint density at radius 1 is 0.786 bits per heavy atom. The molecule has 5 rings (SSSR count). The summed E-state index contributed by atoms with van der Waals surface area (Å²) in [7, 11) is 0. The average molecular weight is 386 g/mol. The van der Waals surface area contributed by atoms with Gasteiger partial charge in [-0.3, -0.25) is 9.69 Å². The minimum Gasteiger partial charge on any atom is -0.293 e. The fourth-order valence-electron chi connectivity index (χ4n) is 5.00. The largest absolute Gasteiger partial charge is 0.293 e. The molecule has 28 heavy (non-hydrogen) atoms. The average Bonchev–Trinajstić information content (AvgIpc) is 3.39. The molecule has 2 atom stereocenters. The zero-order valence-corrected chi connectivity index (χ0v) is 16.9. The van der Waals surface area contributed by atoms with E-state index in [4.69, 9.17) is 0 Å². The van der Waals surface area contributed by atoms with E-state index < -0.39 is 5.41 Å². The van der Waals surface area contributed by atoms with Crippen molar-refractivity contribution in [1.29, 1.82) is 0 Å². The first-order valence-electron chi connectivity index (χ1n) is 9.83. The lowest BCUT2D eigenvalue weighted by Gasteiger charge is -2.58. The minimum atomic E-state index is -0.666. The summed E-state index contributed by atoms with van der Waals surface area (Å²) in [6, 6.07) is 30.8. The quantitative estimate of drug-likeness (QED) is 0.428. The standard InChI is InChI=1S/C25H23NOS/c1-3-23(2)25(28-23)24(19-13-7-4-8-14-19,20-15-9-5-10-16-20)22(27)26(25)21-17-11-6-12-18-21/h4-18H,3H2,1-2H3. The number of para-hydroxylation sites is 1. The lowest BCUT2D eigenvalue weighted by atomic mass is 9.58. The molecule has 2 unspecified atom stereocenters. The van der Waals surface area contributed by atoms with Crippen molar-refractivity contribution in [2.45, 2.75) is 35.3 Å². The zero-order chi connectivity index (χ0) is 19.4. The summed E-state index contributed by atoms with van der Waals surface area (Å²) in [4.78, 5) is 15.8. The summed E-state index contributed by atoms with van der Waals surface area (Å²) >= 11 is 1.94. The van der Waals surface area contributed by atoms with Gasteiger partial charge in [-0.1, -0.05) is 85.8 Å². The molecule has 0 N–H and O–H groups in total. The first-order chi connectivity index (χ1) is 13.6. The van der Waals surface area contributed by atoms with Crippen LogP contribution in [0.2, 0.25) is 0 Å². The second-order valence-electron chi connectivity index (χ2n) is 7.79. The van der Waals surface area contributed by atoms with Crippen LogP contribution in [-0.2, 0) is 10.2 Å². The van der Waals surface area contributed by atoms with Crippen LogP contribution in [0.5, 0.6) is 0 Å². The number of carbonyl (C=O) groups is 1. The number of rotatable bonds is 4. The van der Waals surface area contributed by atoms with Gasteiger partial charge in [0.1, 0.15) is 10.3 Å². The van der Waals surface area contributed by atoms with Crippen molar-refractivity contribution in [3.63, 3.8) is 0 Å². The zero-order valence-electron chi connectivity index (χ0n) is 16.1. The van der Waals surface area contributed by atoms with Crippen LogP contribution in [0.15, 0.2) is 91.0 Å². The van der Waals surface area contributed by atoms with E-state index in [1.165, 1.54) is 0 Å². The second kappa shape index (κ2) is 5.99. The molecule has 1 amide bonds. The molecule has 0 saturated carbocycles. The molecule has 2 fully saturated rings. The van der Waals surface area contributed by atoms with Crippen LogP contribution in [-0.4, -0.2) is 15.5 Å². The van der Waals surface area contributed by atoms with Gasteiger partial charge in [-0.05, 0) is 36.6 Å². The van der Waals surface area contributed by atoms with Crippen LogP contribution in [0, 0.1) is 0 Å². The van der Waals surface area contributed by atoms with Crippen LogP contribution in [0.25, 0.3) is 0 Å². The van der Waals surface area contributed by atoms with Gasteiger partial charge < -0.3 is 0 Å². The van der Waals surface area contributed by atoms with Crippen molar-refractivity contribution in [3.05, 3.63) is 102 Å². The smallest absolute Gasteiger partial charge is 0.246 e. The van der Waals surface area contributed by atoms with E-state index >= 15 is 0 Å². The molecular weight excluding hydrogens is 362 g/mol. The number of benzene rings is 3. The summed E-state index contributed by atoms with van der Waals surface area (Å²) in [5.74, 6) is 0.167. The van der Waals surface area contributed by atoms with Gasteiger partial charge in [0, 0.05) is 5.69 Å². The highest BCUT2D eigenvalue weighted by molar-refractivity contribution is 8.10. The number of carbonyl (C=O) groups excluding carboxylic acids is 1. The van der Waals surface area contributed by atoms with E-state index in [2.05, 4.69) is 55.1 Å². The van der Waals surface area contributed by atoms with Crippen LogP contribution >= 0.6 is 11.8 Å². The maximum absolute atomic E-state index is 14.1. The monoisotopic (exact) mass is 385 g/mol. The molecule has 2 heterocycles. The topological polar surface area (TPSA) is 20.3 Å². The molecular formula is C25H23NOS. The van der Waals surface area contributed by atoms with Crippen LogP contribution < -0.4 is 4.90 Å². The molecule has 3 aromatic rings. The Balaban J connectivity index is 1.79. The molecule has 2 aliphatic heterocycles. The van der Waals surface area contributed by atoms with Gasteiger partial charge >= 0.3 is 0 Å². The third kappa shape index (κ3) is 1.93. The number of amides is 1. The normalized spacial score (nSPS) is 27.5. The Kier molecular flexibility index (Phi) is 3.76. The van der Waals surface area contributed by atoms with Crippen LogP contribution in [0.1, 0.15) is 31.4 Å². The Morgan fingerprint density at radius 2 is 1.25 bits per heavy atom. The van der Waals surface area contributed by atoms with Crippen molar-refractivity contribution in [2.75, 3.05) is 4.90 Å². The molecule has 2 aliphatic rings. The molecule has 3 aromatic carbocycles. The van der Waals surface area contributed by atoms with Crippen LogP contribution in [0.3, 0.4) is 0 Å².